The van der Waals surface area contributed by atoms with Crippen LogP contribution in [0.15, 0.2) is 99.4 Å². The Hall–Kier alpha value is -2.85. The van der Waals surface area contributed by atoms with Gasteiger partial charge in [-0.1, -0.05) is 41.9 Å². The van der Waals surface area contributed by atoms with Crippen molar-refractivity contribution >= 4 is 62.0 Å². The Morgan fingerprint density at radius 2 is 1.69 bits per heavy atom. The predicted molar refractivity (Wildman–Crippen MR) is 141 cm³/mol. The maximum absolute atomic E-state index is 13.5. The number of sulfonamides is 1. The van der Waals surface area contributed by atoms with Crippen molar-refractivity contribution in [2.24, 2.45) is 0 Å². The van der Waals surface area contributed by atoms with Crippen LogP contribution in [0, 0.1) is 5.82 Å². The first-order valence-corrected chi connectivity index (χ1v) is 14.1. The molecule has 0 aliphatic carbocycles. The minimum atomic E-state index is -4.02. The molecule has 0 atom stereocenters. The number of thioether (sulfide) groups is 1. The van der Waals surface area contributed by atoms with Crippen LogP contribution in [0.5, 0.6) is 0 Å². The highest BCUT2D eigenvalue weighted by Crippen LogP contribution is 2.31. The molecule has 0 aliphatic rings. The molecule has 0 radical (unpaired) electrons. The molecule has 0 fully saturated rings. The van der Waals surface area contributed by atoms with Crippen LogP contribution in [0.3, 0.4) is 0 Å². The van der Waals surface area contributed by atoms with Gasteiger partial charge in [0.2, 0.25) is 5.91 Å². The number of nitrogens with one attached hydrogen (secondary N) is 1. The molecule has 0 aliphatic heterocycles. The Bertz CT molecular complexity index is 1390. The first-order chi connectivity index (χ1) is 16.8. The van der Waals surface area contributed by atoms with E-state index in [9.17, 15) is 17.6 Å². The molecule has 0 saturated heterocycles. The zero-order valence-corrected chi connectivity index (χ0v) is 21.4. The van der Waals surface area contributed by atoms with Crippen molar-refractivity contribution in [1.82, 2.24) is 0 Å². The van der Waals surface area contributed by atoms with E-state index in [1.54, 1.807) is 23.6 Å². The number of anilines is 2. The number of nitrogens with zero attached hydrogens (tertiary/aromatic N) is 1. The molecule has 1 aromatic heterocycles. The van der Waals surface area contributed by atoms with Gasteiger partial charge < -0.3 is 5.32 Å². The molecular weight excluding hydrogens is 527 g/mol. The maximum Gasteiger partial charge on any atom is 0.274 e. The molecule has 35 heavy (non-hydrogen) atoms. The minimum Gasteiger partial charge on any atom is -0.323 e. The molecule has 180 valence electrons. The van der Waals surface area contributed by atoms with Crippen LogP contribution < -0.4 is 9.62 Å². The number of hydrogen-bond acceptors (Lipinski definition) is 5. The fraction of sp³-hybridized carbons (Fsp3) is 0.0800. The van der Waals surface area contributed by atoms with Crippen molar-refractivity contribution in [3.05, 3.63) is 107 Å². The predicted octanol–water partition coefficient (Wildman–Crippen LogP) is 6.67. The van der Waals surface area contributed by atoms with Crippen molar-refractivity contribution in [2.75, 3.05) is 16.2 Å². The van der Waals surface area contributed by atoms with Gasteiger partial charge in [0.15, 0.2) is 0 Å². The number of carbonyl (C=O) groups is 1. The molecule has 1 N–H and O–H groups in total. The third-order valence-corrected chi connectivity index (χ3v) is 9.45. The quantitative estimate of drug-likeness (QED) is 0.238. The molecule has 0 saturated carbocycles. The number of benzene rings is 3. The molecule has 0 unspecified atom stereocenters. The van der Waals surface area contributed by atoms with E-state index in [1.165, 1.54) is 30.0 Å². The van der Waals surface area contributed by atoms with Gasteiger partial charge in [-0.3, -0.25) is 9.10 Å². The Balaban J connectivity index is 1.53. The van der Waals surface area contributed by atoms with Crippen LogP contribution in [0.25, 0.3) is 0 Å². The van der Waals surface area contributed by atoms with Crippen molar-refractivity contribution < 1.29 is 17.6 Å². The lowest BCUT2D eigenvalue weighted by Gasteiger charge is -2.23. The van der Waals surface area contributed by atoms with Crippen LogP contribution in [0.2, 0.25) is 5.02 Å². The van der Waals surface area contributed by atoms with Crippen LogP contribution in [0.1, 0.15) is 5.56 Å². The summed E-state index contributed by atoms with van der Waals surface area (Å²) < 4.78 is 41.1. The zero-order valence-electron chi connectivity index (χ0n) is 18.2. The molecule has 3 aromatic carbocycles. The first kappa shape index (κ1) is 25.2. The van der Waals surface area contributed by atoms with Crippen molar-refractivity contribution in [3.63, 3.8) is 0 Å². The van der Waals surface area contributed by atoms with Crippen LogP contribution in [-0.2, 0) is 20.6 Å². The van der Waals surface area contributed by atoms with Crippen LogP contribution in [-0.4, -0.2) is 20.9 Å². The zero-order chi connectivity index (χ0) is 24.8. The maximum atomic E-state index is 13.5. The molecular formula is C25H20ClFN2O3S3. The van der Waals surface area contributed by atoms with E-state index in [-0.39, 0.29) is 9.90 Å². The topological polar surface area (TPSA) is 66.5 Å². The van der Waals surface area contributed by atoms with E-state index in [0.29, 0.717) is 16.5 Å². The number of rotatable bonds is 9. The van der Waals surface area contributed by atoms with Gasteiger partial charge in [0.25, 0.3) is 10.0 Å². The number of halogens is 2. The van der Waals surface area contributed by atoms with E-state index in [1.807, 2.05) is 36.4 Å². The van der Waals surface area contributed by atoms with Gasteiger partial charge in [0, 0.05) is 15.7 Å². The van der Waals surface area contributed by atoms with Gasteiger partial charge in [-0.05, 0) is 65.5 Å². The second-order valence-electron chi connectivity index (χ2n) is 7.38. The largest absolute Gasteiger partial charge is 0.323 e. The monoisotopic (exact) mass is 546 g/mol. The van der Waals surface area contributed by atoms with E-state index < -0.39 is 28.3 Å². The molecule has 0 spiro atoms. The highest BCUT2D eigenvalue weighted by Gasteiger charge is 2.28. The Morgan fingerprint density at radius 3 is 2.37 bits per heavy atom. The average Bonchev–Trinajstić information content (AvgIpc) is 3.40. The van der Waals surface area contributed by atoms with E-state index >= 15 is 0 Å². The summed E-state index contributed by atoms with van der Waals surface area (Å²) in [6.45, 7) is -0.470. The summed E-state index contributed by atoms with van der Waals surface area (Å²) in [5.74, 6) is -0.356. The number of thiophene rings is 1. The third kappa shape index (κ3) is 6.43. The molecule has 10 heteroatoms. The highest BCUT2D eigenvalue weighted by molar-refractivity contribution is 7.98. The van der Waals surface area contributed by atoms with Gasteiger partial charge >= 0.3 is 0 Å². The van der Waals surface area contributed by atoms with Crippen molar-refractivity contribution in [2.45, 2.75) is 14.9 Å². The lowest BCUT2D eigenvalue weighted by Crippen LogP contribution is -2.37. The van der Waals surface area contributed by atoms with Gasteiger partial charge in [-0.15, -0.1) is 23.1 Å². The summed E-state index contributed by atoms with van der Waals surface area (Å²) in [5.41, 5.74) is 1.84. The van der Waals surface area contributed by atoms with Gasteiger partial charge in [0.05, 0.1) is 11.4 Å². The van der Waals surface area contributed by atoms with Gasteiger partial charge in [0.1, 0.15) is 16.6 Å². The number of carbonyl (C=O) groups excluding carboxylic acids is 1. The fourth-order valence-electron chi connectivity index (χ4n) is 3.20. The molecule has 0 bridgehead atoms. The van der Waals surface area contributed by atoms with Crippen molar-refractivity contribution in [1.29, 1.82) is 0 Å². The first-order valence-electron chi connectivity index (χ1n) is 10.4. The summed E-state index contributed by atoms with van der Waals surface area (Å²) in [6, 6.07) is 22.9. The lowest BCUT2D eigenvalue weighted by molar-refractivity contribution is -0.114. The summed E-state index contributed by atoms with van der Waals surface area (Å²) in [6.07, 6.45) is 0. The van der Waals surface area contributed by atoms with Crippen molar-refractivity contribution in [3.8, 4) is 0 Å². The average molecular weight is 547 g/mol. The normalized spacial score (nSPS) is 11.3. The highest BCUT2D eigenvalue weighted by atomic mass is 35.5. The van der Waals surface area contributed by atoms with E-state index in [2.05, 4.69) is 5.32 Å². The van der Waals surface area contributed by atoms with Gasteiger partial charge in [-0.2, -0.15) is 0 Å². The molecule has 4 aromatic rings. The summed E-state index contributed by atoms with van der Waals surface area (Å²) in [4.78, 5) is 13.9. The lowest BCUT2D eigenvalue weighted by atomic mass is 10.2. The molecule has 1 heterocycles. The Kier molecular flexibility index (Phi) is 8.12. The fourth-order valence-corrected chi connectivity index (χ4v) is 6.81. The number of hydrogen-bond donors (Lipinski definition) is 1. The standard InChI is InChI=1S/C25H20ClFN2O3S3/c26-19-9-7-18(8-10-19)17-34-23-5-2-1-4-22(23)28-24(30)16-29(21-13-11-20(27)12-14-21)35(31,32)25-6-3-15-33-25/h1-15H,16-17H2,(H,28,30). The van der Waals surface area contributed by atoms with Crippen LogP contribution in [0.4, 0.5) is 15.8 Å². The number of para-hydroxylation sites is 1. The van der Waals surface area contributed by atoms with Crippen LogP contribution >= 0.6 is 34.7 Å². The summed E-state index contributed by atoms with van der Waals surface area (Å²) in [7, 11) is -4.02. The Labute approximate surface area is 216 Å². The second kappa shape index (κ2) is 11.3. The smallest absolute Gasteiger partial charge is 0.274 e. The summed E-state index contributed by atoms with van der Waals surface area (Å²) >= 11 is 8.54. The minimum absolute atomic E-state index is 0.0912. The molecule has 4 rings (SSSR count). The van der Waals surface area contributed by atoms with E-state index in [0.717, 1.165) is 38.2 Å². The SMILES string of the molecule is O=C(CN(c1ccc(F)cc1)S(=O)(=O)c1cccs1)Nc1ccccc1SCc1ccc(Cl)cc1. The van der Waals surface area contributed by atoms with E-state index in [4.69, 9.17) is 11.6 Å². The molecule has 1 amide bonds. The summed E-state index contributed by atoms with van der Waals surface area (Å²) in [5, 5.41) is 5.13. The molecule has 5 nitrogen and oxygen atoms in total. The number of amides is 1. The Morgan fingerprint density at radius 1 is 0.971 bits per heavy atom. The second-order valence-corrected chi connectivity index (χ2v) is 11.9. The third-order valence-electron chi connectivity index (χ3n) is 4.91. The van der Waals surface area contributed by atoms with Gasteiger partial charge in [-0.25, -0.2) is 12.8 Å².